The van der Waals surface area contributed by atoms with Gasteiger partial charge in [-0.2, -0.15) is 5.26 Å². The molecule has 0 aromatic heterocycles. The number of fused-ring (bicyclic) bond motifs is 1. The number of amidine groups is 1. The third-order valence-corrected chi connectivity index (χ3v) is 5.18. The molecule has 0 fully saturated rings. The Kier molecular flexibility index (Phi) is 4.46. The summed E-state index contributed by atoms with van der Waals surface area (Å²) in [6, 6.07) is 16.5. The minimum absolute atomic E-state index is 0.226. The molecule has 0 unspecified atom stereocenters. The Morgan fingerprint density at radius 3 is 2.88 bits per heavy atom. The number of amides is 1. The lowest BCUT2D eigenvalue weighted by atomic mass is 10.1. The first kappa shape index (κ1) is 16.4. The van der Waals surface area contributed by atoms with Gasteiger partial charge in [-0.15, -0.1) is 0 Å². The molecule has 4 rings (SSSR count). The van der Waals surface area contributed by atoms with E-state index in [-0.39, 0.29) is 5.91 Å². The van der Waals surface area contributed by atoms with Gasteiger partial charge in [-0.05, 0) is 42.3 Å². The van der Waals surface area contributed by atoms with Gasteiger partial charge in [0.15, 0.2) is 5.17 Å². The highest BCUT2D eigenvalue weighted by atomic mass is 32.2. The van der Waals surface area contributed by atoms with Crippen molar-refractivity contribution in [3.05, 3.63) is 70.6 Å². The Morgan fingerprint density at radius 2 is 2.08 bits per heavy atom. The first-order chi connectivity index (χ1) is 12.7. The highest BCUT2D eigenvalue weighted by molar-refractivity contribution is 8.16. The van der Waals surface area contributed by atoms with Crippen LogP contribution in [0.25, 0.3) is 5.70 Å². The second kappa shape index (κ2) is 7.06. The molecule has 0 saturated carbocycles. The van der Waals surface area contributed by atoms with Gasteiger partial charge in [0.25, 0.3) is 5.91 Å². The normalized spacial score (nSPS) is 15.6. The average molecular weight is 360 g/mol. The largest absolute Gasteiger partial charge is 0.322 e. The first-order valence-electron chi connectivity index (χ1n) is 8.35. The summed E-state index contributed by atoms with van der Waals surface area (Å²) in [7, 11) is 0. The van der Waals surface area contributed by atoms with Crippen molar-refractivity contribution in [2.45, 2.75) is 6.42 Å². The van der Waals surface area contributed by atoms with E-state index >= 15 is 0 Å². The molecule has 1 N–H and O–H groups in total. The summed E-state index contributed by atoms with van der Waals surface area (Å²) in [6.45, 7) is 1.89. The predicted octanol–water partition coefficient (Wildman–Crippen LogP) is 3.92. The fourth-order valence-corrected chi connectivity index (χ4v) is 3.93. The summed E-state index contributed by atoms with van der Waals surface area (Å²) in [4.78, 5) is 19.1. The van der Waals surface area contributed by atoms with Crippen LogP contribution in [-0.4, -0.2) is 29.1 Å². The molecule has 26 heavy (non-hydrogen) atoms. The van der Waals surface area contributed by atoms with Crippen LogP contribution >= 0.6 is 11.8 Å². The van der Waals surface area contributed by atoms with Crippen molar-refractivity contribution in [1.82, 2.24) is 4.90 Å². The van der Waals surface area contributed by atoms with Crippen LogP contribution in [0.2, 0.25) is 0 Å². The van der Waals surface area contributed by atoms with E-state index in [0.29, 0.717) is 11.1 Å². The van der Waals surface area contributed by atoms with Gasteiger partial charge in [-0.3, -0.25) is 9.79 Å². The van der Waals surface area contributed by atoms with Gasteiger partial charge in [0, 0.05) is 29.7 Å². The fourth-order valence-electron chi connectivity index (χ4n) is 2.96. The van der Waals surface area contributed by atoms with E-state index in [1.54, 1.807) is 36.0 Å². The van der Waals surface area contributed by atoms with Gasteiger partial charge in [-0.25, -0.2) is 0 Å². The first-order valence-corrected chi connectivity index (χ1v) is 9.23. The molecule has 0 saturated heterocycles. The van der Waals surface area contributed by atoms with Crippen molar-refractivity contribution >= 4 is 34.2 Å². The number of benzene rings is 2. The van der Waals surface area contributed by atoms with Crippen LogP contribution in [0.5, 0.6) is 0 Å². The predicted molar refractivity (Wildman–Crippen MR) is 105 cm³/mol. The molecule has 0 aliphatic carbocycles. The van der Waals surface area contributed by atoms with E-state index in [9.17, 15) is 4.79 Å². The SMILES string of the molecule is N#Cc1cccc(C(=O)Nc2ccc(C3=CSC4=NCCCN34)cc2)c1. The Morgan fingerprint density at radius 1 is 1.23 bits per heavy atom. The summed E-state index contributed by atoms with van der Waals surface area (Å²) in [5.74, 6) is -0.226. The van der Waals surface area contributed by atoms with Crippen molar-refractivity contribution < 1.29 is 4.79 Å². The molecule has 2 aromatic carbocycles. The van der Waals surface area contributed by atoms with E-state index in [1.807, 2.05) is 30.3 Å². The van der Waals surface area contributed by atoms with Crippen LogP contribution in [0.1, 0.15) is 27.9 Å². The van der Waals surface area contributed by atoms with E-state index in [0.717, 1.165) is 41.6 Å². The number of rotatable bonds is 3. The molecule has 1 amide bonds. The van der Waals surface area contributed by atoms with Crippen LogP contribution < -0.4 is 5.32 Å². The quantitative estimate of drug-likeness (QED) is 0.901. The molecule has 2 aliphatic heterocycles. The van der Waals surface area contributed by atoms with E-state index < -0.39 is 0 Å². The van der Waals surface area contributed by atoms with E-state index in [4.69, 9.17) is 5.26 Å². The van der Waals surface area contributed by atoms with Crippen molar-refractivity contribution in [3.8, 4) is 6.07 Å². The molecular formula is C20H16N4OS. The smallest absolute Gasteiger partial charge is 0.255 e. The number of aliphatic imine (C=N–C) groups is 1. The Bertz CT molecular complexity index is 957. The molecule has 6 heteroatoms. The zero-order valence-electron chi connectivity index (χ0n) is 14.0. The molecule has 0 spiro atoms. The number of carbonyl (C=O) groups is 1. The number of nitriles is 1. The zero-order valence-corrected chi connectivity index (χ0v) is 14.8. The number of carbonyl (C=O) groups excluding carboxylic acids is 1. The third kappa shape index (κ3) is 3.22. The van der Waals surface area contributed by atoms with E-state index in [1.165, 1.54) is 0 Å². The van der Waals surface area contributed by atoms with Gasteiger partial charge in [0.05, 0.1) is 17.3 Å². The second-order valence-electron chi connectivity index (χ2n) is 6.01. The fraction of sp³-hybridized carbons (Fsp3) is 0.150. The molecule has 128 valence electrons. The number of hydrogen-bond acceptors (Lipinski definition) is 5. The van der Waals surface area contributed by atoms with Gasteiger partial charge in [0.1, 0.15) is 0 Å². The Labute approximate surface area is 156 Å². The van der Waals surface area contributed by atoms with Gasteiger partial charge in [-0.1, -0.05) is 30.0 Å². The third-order valence-electron chi connectivity index (χ3n) is 4.28. The summed E-state index contributed by atoms with van der Waals surface area (Å²) in [5, 5.41) is 15.0. The lowest BCUT2D eigenvalue weighted by Gasteiger charge is -2.25. The lowest BCUT2D eigenvalue weighted by Crippen LogP contribution is -2.28. The molecule has 0 bridgehead atoms. The number of hydrogen-bond donors (Lipinski definition) is 1. The maximum atomic E-state index is 12.4. The number of nitrogens with zero attached hydrogens (tertiary/aromatic N) is 3. The number of nitrogens with one attached hydrogen (secondary N) is 1. The van der Waals surface area contributed by atoms with Crippen LogP contribution in [0.15, 0.2) is 58.9 Å². The van der Waals surface area contributed by atoms with Crippen LogP contribution in [0.3, 0.4) is 0 Å². The highest BCUT2D eigenvalue weighted by Gasteiger charge is 2.25. The van der Waals surface area contributed by atoms with Gasteiger partial charge >= 0.3 is 0 Å². The summed E-state index contributed by atoms with van der Waals surface area (Å²) in [6.07, 6.45) is 1.07. The molecule has 0 radical (unpaired) electrons. The van der Waals surface area contributed by atoms with Crippen LogP contribution in [0.4, 0.5) is 5.69 Å². The summed E-state index contributed by atoms with van der Waals surface area (Å²) >= 11 is 1.66. The number of thioether (sulfide) groups is 1. The van der Waals surface area contributed by atoms with Crippen LogP contribution in [-0.2, 0) is 0 Å². The molecule has 0 atom stereocenters. The molecule has 2 heterocycles. The molecular weight excluding hydrogens is 344 g/mol. The average Bonchev–Trinajstić information content (AvgIpc) is 3.13. The highest BCUT2D eigenvalue weighted by Crippen LogP contribution is 2.35. The van der Waals surface area contributed by atoms with Gasteiger partial charge < -0.3 is 10.2 Å². The second-order valence-corrected chi connectivity index (χ2v) is 6.85. The maximum absolute atomic E-state index is 12.4. The number of anilines is 1. The molecule has 2 aliphatic rings. The van der Waals surface area contributed by atoms with Crippen LogP contribution in [0, 0.1) is 11.3 Å². The monoisotopic (exact) mass is 360 g/mol. The minimum atomic E-state index is -0.226. The standard InChI is InChI=1S/C20H16N4OS/c21-12-14-3-1-4-16(11-14)19(25)23-17-7-5-15(6-8-17)18-13-26-20-22-9-2-10-24(18)20/h1,3-8,11,13H,2,9-10H2,(H,23,25). The Hall–Kier alpha value is -3.04. The molecule has 5 nitrogen and oxygen atoms in total. The van der Waals surface area contributed by atoms with Gasteiger partial charge in [0.2, 0.25) is 0 Å². The topological polar surface area (TPSA) is 68.5 Å². The zero-order chi connectivity index (χ0) is 17.9. The lowest BCUT2D eigenvalue weighted by molar-refractivity contribution is 0.102. The summed E-state index contributed by atoms with van der Waals surface area (Å²) in [5.41, 5.74) is 3.93. The van der Waals surface area contributed by atoms with Crippen molar-refractivity contribution in [2.24, 2.45) is 4.99 Å². The summed E-state index contributed by atoms with van der Waals surface area (Å²) < 4.78 is 0. The van der Waals surface area contributed by atoms with Crippen molar-refractivity contribution in [2.75, 3.05) is 18.4 Å². The Balaban J connectivity index is 1.48. The molecule has 2 aromatic rings. The van der Waals surface area contributed by atoms with E-state index in [2.05, 4.69) is 20.6 Å². The minimum Gasteiger partial charge on any atom is -0.322 e. The van der Waals surface area contributed by atoms with Crippen molar-refractivity contribution in [1.29, 1.82) is 5.26 Å². The maximum Gasteiger partial charge on any atom is 0.255 e. The van der Waals surface area contributed by atoms with Crippen molar-refractivity contribution in [3.63, 3.8) is 0 Å².